The number of ketones is 1. The molecule has 1 aliphatic heterocycles. The molecule has 0 amide bonds. The van der Waals surface area contributed by atoms with Crippen LogP contribution in [0.5, 0.6) is 11.5 Å². The molecule has 0 spiro atoms. The lowest BCUT2D eigenvalue weighted by atomic mass is 9.91. The maximum absolute atomic E-state index is 12.0. The molecule has 0 fully saturated rings. The maximum atomic E-state index is 12.0. The van der Waals surface area contributed by atoms with Crippen molar-refractivity contribution in [2.75, 3.05) is 7.11 Å². The Balaban J connectivity index is 1.97. The fraction of sp³-hybridized carbons (Fsp3) is 0.308. The van der Waals surface area contributed by atoms with Crippen LogP contribution in [0.3, 0.4) is 0 Å². The maximum Gasteiger partial charge on any atom is 0.211 e. The first-order chi connectivity index (χ1) is 7.79. The Kier molecular flexibility index (Phi) is 1.99. The van der Waals surface area contributed by atoms with Crippen LogP contribution in [0.15, 0.2) is 29.8 Å². The fourth-order valence-corrected chi connectivity index (χ4v) is 2.05. The number of methoxy groups -OCH3 is 1. The highest BCUT2D eigenvalue weighted by atomic mass is 16.5. The molecule has 0 saturated carbocycles. The fourth-order valence-electron chi connectivity index (χ4n) is 2.05. The average Bonchev–Trinajstić information content (AvgIpc) is 2.54. The summed E-state index contributed by atoms with van der Waals surface area (Å²) < 4.78 is 10.8. The molecule has 3 heteroatoms. The zero-order valence-electron chi connectivity index (χ0n) is 9.03. The molecule has 82 valence electrons. The molecule has 1 aromatic carbocycles. The van der Waals surface area contributed by atoms with Gasteiger partial charge < -0.3 is 9.47 Å². The summed E-state index contributed by atoms with van der Waals surface area (Å²) in [6, 6.07) is 5.33. The number of hydrogen-bond acceptors (Lipinski definition) is 3. The third kappa shape index (κ3) is 1.24. The van der Waals surface area contributed by atoms with Crippen molar-refractivity contribution < 1.29 is 14.3 Å². The van der Waals surface area contributed by atoms with Gasteiger partial charge in [0, 0.05) is 6.07 Å². The van der Waals surface area contributed by atoms with Crippen molar-refractivity contribution in [2.24, 2.45) is 0 Å². The molecule has 0 aromatic heterocycles. The van der Waals surface area contributed by atoms with Crippen LogP contribution < -0.4 is 9.47 Å². The predicted molar refractivity (Wildman–Crippen MR) is 59.1 cm³/mol. The summed E-state index contributed by atoms with van der Waals surface area (Å²) in [4.78, 5) is 12.0. The van der Waals surface area contributed by atoms with E-state index in [4.69, 9.17) is 9.47 Å². The summed E-state index contributed by atoms with van der Waals surface area (Å²) in [7, 11) is 1.60. The number of benzene rings is 1. The van der Waals surface area contributed by atoms with E-state index in [0.29, 0.717) is 11.3 Å². The smallest absolute Gasteiger partial charge is 0.211 e. The Hall–Kier alpha value is -1.77. The lowest BCUT2D eigenvalue weighted by molar-refractivity contribution is 0.0888. The van der Waals surface area contributed by atoms with Crippen LogP contribution >= 0.6 is 0 Å². The van der Waals surface area contributed by atoms with Crippen molar-refractivity contribution in [2.45, 2.75) is 18.9 Å². The molecule has 1 aromatic rings. The highest BCUT2D eigenvalue weighted by Gasteiger charge is 2.36. The number of rotatable bonds is 2. The van der Waals surface area contributed by atoms with E-state index < -0.39 is 0 Å². The van der Waals surface area contributed by atoms with Gasteiger partial charge in [-0.05, 0) is 30.5 Å². The first-order valence-electron chi connectivity index (χ1n) is 5.37. The van der Waals surface area contributed by atoms with Gasteiger partial charge in [0.25, 0.3) is 0 Å². The first kappa shape index (κ1) is 9.46. The van der Waals surface area contributed by atoms with E-state index in [9.17, 15) is 4.79 Å². The van der Waals surface area contributed by atoms with Gasteiger partial charge in [-0.1, -0.05) is 6.08 Å². The number of carbonyl (C=O) groups is 1. The van der Waals surface area contributed by atoms with E-state index in [0.717, 1.165) is 24.2 Å². The van der Waals surface area contributed by atoms with Crippen LogP contribution in [0.2, 0.25) is 0 Å². The van der Waals surface area contributed by atoms with Crippen molar-refractivity contribution in [3.05, 3.63) is 35.4 Å². The third-order valence-corrected chi connectivity index (χ3v) is 3.11. The summed E-state index contributed by atoms with van der Waals surface area (Å²) in [5.74, 6) is 1.43. The number of carbonyl (C=O) groups excluding carboxylic acids is 1. The summed E-state index contributed by atoms with van der Waals surface area (Å²) in [6.07, 6.45) is 3.73. The van der Waals surface area contributed by atoms with Gasteiger partial charge in [0.05, 0.1) is 12.7 Å². The summed E-state index contributed by atoms with van der Waals surface area (Å²) in [5.41, 5.74) is 1.78. The van der Waals surface area contributed by atoms with E-state index in [1.54, 1.807) is 25.3 Å². The molecule has 1 atom stereocenters. The Morgan fingerprint density at radius 3 is 2.88 bits per heavy atom. The predicted octanol–water partition coefficient (Wildman–Crippen LogP) is 2.36. The second-order valence-corrected chi connectivity index (χ2v) is 4.04. The van der Waals surface area contributed by atoms with E-state index >= 15 is 0 Å². The lowest BCUT2D eigenvalue weighted by Gasteiger charge is -2.19. The van der Waals surface area contributed by atoms with Crippen molar-refractivity contribution in [1.82, 2.24) is 0 Å². The zero-order chi connectivity index (χ0) is 11.1. The summed E-state index contributed by atoms with van der Waals surface area (Å²) in [6.45, 7) is 0. The molecule has 1 aliphatic carbocycles. The molecule has 1 heterocycles. The Bertz CT molecular complexity index is 488. The van der Waals surface area contributed by atoms with E-state index in [2.05, 4.69) is 6.08 Å². The molecule has 0 N–H and O–H groups in total. The average molecular weight is 216 g/mol. The number of Topliss-reactive ketones (excluding diaryl/α,β-unsaturated/α-hetero) is 1. The molecule has 0 bridgehead atoms. The van der Waals surface area contributed by atoms with Crippen molar-refractivity contribution in [3.8, 4) is 11.5 Å². The molecular formula is C13H12O3. The van der Waals surface area contributed by atoms with Gasteiger partial charge in [-0.3, -0.25) is 4.79 Å². The molecule has 3 nitrogen and oxygen atoms in total. The van der Waals surface area contributed by atoms with Crippen LogP contribution in [-0.2, 0) is 0 Å². The highest BCUT2D eigenvalue weighted by Crippen LogP contribution is 2.37. The van der Waals surface area contributed by atoms with E-state index in [-0.39, 0.29) is 11.9 Å². The largest absolute Gasteiger partial charge is 0.497 e. The van der Waals surface area contributed by atoms with Crippen molar-refractivity contribution >= 4 is 5.78 Å². The minimum absolute atomic E-state index is 0.0728. The quantitative estimate of drug-likeness (QED) is 0.712. The molecule has 1 unspecified atom stereocenters. The minimum atomic E-state index is -0.379. The standard InChI is InChI=1S/C13H12O3/c1-15-9-5-6-10-11(7-9)16-13(12(10)14)8-3-2-4-8/h3,5-7,13H,2,4H2,1H3. The second kappa shape index (κ2) is 3.37. The monoisotopic (exact) mass is 216 g/mol. The second-order valence-electron chi connectivity index (χ2n) is 4.04. The zero-order valence-corrected chi connectivity index (χ0v) is 9.03. The Labute approximate surface area is 93.7 Å². The Morgan fingerprint density at radius 1 is 1.44 bits per heavy atom. The van der Waals surface area contributed by atoms with Crippen LogP contribution in [0, 0.1) is 0 Å². The molecule has 2 aliphatic rings. The molecule has 0 saturated heterocycles. The minimum Gasteiger partial charge on any atom is -0.497 e. The number of fused-ring (bicyclic) bond motifs is 1. The summed E-state index contributed by atoms with van der Waals surface area (Å²) in [5, 5.41) is 0. The Morgan fingerprint density at radius 2 is 2.25 bits per heavy atom. The van der Waals surface area contributed by atoms with Crippen LogP contribution in [0.25, 0.3) is 0 Å². The van der Waals surface area contributed by atoms with Crippen molar-refractivity contribution in [1.29, 1.82) is 0 Å². The SMILES string of the molecule is COc1ccc2c(c1)OC(C1=CCC1)C2=O. The topological polar surface area (TPSA) is 35.5 Å². The number of ether oxygens (including phenoxy) is 2. The lowest BCUT2D eigenvalue weighted by Crippen LogP contribution is -2.25. The van der Waals surface area contributed by atoms with Gasteiger partial charge in [-0.15, -0.1) is 0 Å². The van der Waals surface area contributed by atoms with Gasteiger partial charge >= 0.3 is 0 Å². The van der Waals surface area contributed by atoms with Gasteiger partial charge in [0.2, 0.25) is 5.78 Å². The van der Waals surface area contributed by atoms with Gasteiger partial charge in [-0.25, -0.2) is 0 Å². The number of hydrogen-bond donors (Lipinski definition) is 0. The van der Waals surface area contributed by atoms with Gasteiger partial charge in [0.15, 0.2) is 6.10 Å². The molecular weight excluding hydrogens is 204 g/mol. The van der Waals surface area contributed by atoms with Crippen LogP contribution in [0.4, 0.5) is 0 Å². The van der Waals surface area contributed by atoms with Crippen molar-refractivity contribution in [3.63, 3.8) is 0 Å². The summed E-state index contributed by atoms with van der Waals surface area (Å²) >= 11 is 0. The van der Waals surface area contributed by atoms with Gasteiger partial charge in [0.1, 0.15) is 11.5 Å². The highest BCUT2D eigenvalue weighted by molar-refractivity contribution is 6.06. The molecule has 3 rings (SSSR count). The third-order valence-electron chi connectivity index (χ3n) is 3.11. The van der Waals surface area contributed by atoms with E-state index in [1.165, 1.54) is 0 Å². The van der Waals surface area contributed by atoms with Crippen LogP contribution in [0.1, 0.15) is 23.2 Å². The van der Waals surface area contributed by atoms with Crippen LogP contribution in [-0.4, -0.2) is 19.0 Å². The van der Waals surface area contributed by atoms with E-state index in [1.807, 2.05) is 0 Å². The number of allylic oxidation sites excluding steroid dienone is 1. The first-order valence-corrected chi connectivity index (χ1v) is 5.37. The molecule has 0 radical (unpaired) electrons. The normalized spacial score (nSPS) is 21.9. The van der Waals surface area contributed by atoms with Gasteiger partial charge in [-0.2, -0.15) is 0 Å². The molecule has 16 heavy (non-hydrogen) atoms.